The van der Waals surface area contributed by atoms with E-state index in [0.29, 0.717) is 0 Å². The van der Waals surface area contributed by atoms with Crippen molar-refractivity contribution in [2.24, 2.45) is 0 Å². The van der Waals surface area contributed by atoms with Gasteiger partial charge in [-0.3, -0.25) is 4.91 Å². The van der Waals surface area contributed by atoms with Crippen LogP contribution in [0.5, 0.6) is 0 Å². The summed E-state index contributed by atoms with van der Waals surface area (Å²) >= 11 is 3.70. The van der Waals surface area contributed by atoms with E-state index in [4.69, 9.17) is 16.3 Å². The first-order chi connectivity index (χ1) is 2.83. The molecule has 0 rings (SSSR count). The van der Waals surface area contributed by atoms with Gasteiger partial charge in [0.15, 0.2) is 0 Å². The second-order valence-electron chi connectivity index (χ2n) is 0.181. The highest BCUT2D eigenvalue weighted by atomic mass is 32.1. The molecule has 0 bridgehead atoms. The van der Waals surface area contributed by atoms with Gasteiger partial charge < -0.3 is 23.7 Å². The smallest absolute Gasteiger partial charge is 0.0797 e. The Morgan fingerprint density at radius 2 is 1.67 bits per heavy atom. The Labute approximate surface area is 40.2 Å². The zero-order valence-electron chi connectivity index (χ0n) is 2.70. The van der Waals surface area contributed by atoms with Crippen LogP contribution in [0.15, 0.2) is 0 Å². The van der Waals surface area contributed by atoms with E-state index in [1.807, 2.05) is 0 Å². The molecule has 0 saturated carbocycles. The zero-order valence-corrected chi connectivity index (χ0v) is 3.51. The lowest BCUT2D eigenvalue weighted by atomic mass is 11.8. The van der Waals surface area contributed by atoms with E-state index in [1.165, 1.54) is 10.3 Å². The van der Waals surface area contributed by atoms with Gasteiger partial charge in [-0.25, -0.2) is 5.26 Å². The Balaban J connectivity index is 0. The number of thiocyanates is 1. The Morgan fingerprint density at radius 3 is 1.67 bits per heavy atom. The van der Waals surface area contributed by atoms with E-state index in [9.17, 15) is 0 Å². The molecular formula is CN4S-2. The van der Waals surface area contributed by atoms with Crippen LogP contribution in [0.1, 0.15) is 0 Å². The first-order valence-electron chi connectivity index (χ1n) is 0.828. The third-order valence-electron chi connectivity index (χ3n) is 0. The maximum absolute atomic E-state index is 7.13. The minimum absolute atomic E-state index is 1.33. The fraction of sp³-hybridized carbons (Fsp3) is 0. The molecule has 0 radical (unpaired) electrons. The molecule has 0 aliphatic carbocycles. The van der Waals surface area contributed by atoms with E-state index in [1.54, 1.807) is 0 Å². The summed E-state index contributed by atoms with van der Waals surface area (Å²) in [7, 11) is 0. The highest BCUT2D eigenvalue weighted by Gasteiger charge is 0.867. The van der Waals surface area contributed by atoms with Crippen LogP contribution in [0.2, 0.25) is 0 Å². The summed E-state index contributed by atoms with van der Waals surface area (Å²) in [5.41, 5.74) is 13.5. The lowest BCUT2D eigenvalue weighted by molar-refractivity contribution is 1.57. The summed E-state index contributed by atoms with van der Waals surface area (Å²) in [5, 5.41) is 8.47. The van der Waals surface area contributed by atoms with Gasteiger partial charge >= 0.3 is 0 Å². The topological polar surface area (TPSA) is 82.5 Å². The number of hydrogen-bond acceptors (Lipinski definition) is 2. The van der Waals surface area contributed by atoms with Crippen molar-refractivity contribution >= 4 is 12.6 Å². The number of nitrogens with zero attached hydrogens (tertiary/aromatic N) is 4. The van der Waals surface area contributed by atoms with Gasteiger partial charge in [0.25, 0.3) is 0 Å². The van der Waals surface area contributed by atoms with Crippen molar-refractivity contribution in [2.75, 3.05) is 0 Å². The fourth-order valence-corrected chi connectivity index (χ4v) is 0. The third kappa shape index (κ3) is 12.8. The molecule has 0 heterocycles. The first kappa shape index (κ1) is 8.89. The monoisotopic (exact) mass is 100.0 g/mol. The minimum Gasteiger partial charge on any atom is -0.696 e. The maximum atomic E-state index is 7.13. The summed E-state index contributed by atoms with van der Waals surface area (Å²) in [6, 6.07) is 0. The van der Waals surface area contributed by atoms with Crippen LogP contribution >= 0.6 is 0 Å². The van der Waals surface area contributed by atoms with Crippen molar-refractivity contribution in [3.8, 4) is 5.40 Å². The largest absolute Gasteiger partial charge is 0.696 e. The fourth-order valence-electron chi connectivity index (χ4n) is 0. The molecule has 0 aliphatic heterocycles. The molecule has 0 saturated heterocycles. The van der Waals surface area contributed by atoms with Gasteiger partial charge in [-0.15, -0.1) is 0 Å². The van der Waals surface area contributed by atoms with Crippen molar-refractivity contribution in [3.63, 3.8) is 0 Å². The standard InChI is InChI=1S/CHNS.N3/c2-1-3;1-3-2/h3H;/q;-1/p-1. The summed E-state index contributed by atoms with van der Waals surface area (Å²) in [4.78, 5) is 1.50. The molecule has 4 nitrogen and oxygen atoms in total. The van der Waals surface area contributed by atoms with E-state index >= 15 is 0 Å². The predicted octanol–water partition coefficient (Wildman–Crippen LogP) is 0.880. The molecule has 0 aromatic rings. The second kappa shape index (κ2) is 35.2. The van der Waals surface area contributed by atoms with E-state index in [-0.39, 0.29) is 0 Å². The molecule has 0 fully saturated rings. The molecule has 5 heteroatoms. The highest BCUT2D eigenvalue weighted by molar-refractivity contribution is 7.64. The Bertz CT molecular complexity index is 74.0. The summed E-state index contributed by atoms with van der Waals surface area (Å²) < 4.78 is 0. The van der Waals surface area contributed by atoms with Gasteiger partial charge in [-0.2, -0.15) is 0 Å². The van der Waals surface area contributed by atoms with Crippen molar-refractivity contribution in [1.82, 2.24) is 0 Å². The van der Waals surface area contributed by atoms with Gasteiger partial charge in [-0.05, 0) is 0 Å². The van der Waals surface area contributed by atoms with Crippen LogP contribution in [0.4, 0.5) is 0 Å². The third-order valence-corrected chi connectivity index (χ3v) is 0. The molecule has 0 amide bonds. The van der Waals surface area contributed by atoms with Crippen molar-refractivity contribution in [3.05, 3.63) is 16.0 Å². The predicted molar refractivity (Wildman–Crippen MR) is 23.1 cm³/mol. The summed E-state index contributed by atoms with van der Waals surface area (Å²) in [6.07, 6.45) is 0. The van der Waals surface area contributed by atoms with Crippen LogP contribution in [-0.4, -0.2) is 0 Å². The highest BCUT2D eigenvalue weighted by Crippen LogP contribution is 1.29. The van der Waals surface area contributed by atoms with Gasteiger partial charge in [0.05, 0.1) is 0 Å². The molecular weight excluding hydrogens is 100 g/mol. The molecule has 0 unspecified atom stereocenters. The molecule has 32 valence electrons. The van der Waals surface area contributed by atoms with E-state index in [0.717, 1.165) is 0 Å². The summed E-state index contributed by atoms with van der Waals surface area (Å²) in [5.74, 6) is 0. The molecule has 6 heavy (non-hydrogen) atoms. The minimum atomic E-state index is 1.33. The van der Waals surface area contributed by atoms with Crippen molar-refractivity contribution < 1.29 is 0 Å². The average molecular weight is 100 g/mol. The van der Waals surface area contributed by atoms with Crippen molar-refractivity contribution in [2.45, 2.75) is 0 Å². The van der Waals surface area contributed by atoms with Crippen LogP contribution in [0.3, 0.4) is 0 Å². The van der Waals surface area contributed by atoms with Crippen LogP contribution in [0.25, 0.3) is 16.0 Å². The van der Waals surface area contributed by atoms with Crippen LogP contribution in [0, 0.1) is 10.7 Å². The molecule has 0 aromatic heterocycles. The number of hydrogen-bond donors (Lipinski definition) is 0. The molecule has 0 aromatic carbocycles. The van der Waals surface area contributed by atoms with Gasteiger partial charge in [0.2, 0.25) is 0 Å². The summed E-state index contributed by atoms with van der Waals surface area (Å²) in [6.45, 7) is 0. The zero-order chi connectivity index (χ0) is 5.41. The van der Waals surface area contributed by atoms with Crippen LogP contribution < -0.4 is 0 Å². The lowest BCUT2D eigenvalue weighted by Crippen LogP contribution is -1.15. The second-order valence-corrected chi connectivity index (χ2v) is 0.363. The van der Waals surface area contributed by atoms with Gasteiger partial charge in [0, 0.05) is 0 Å². The number of rotatable bonds is 0. The molecule has 0 aliphatic rings. The van der Waals surface area contributed by atoms with E-state index < -0.39 is 0 Å². The Hall–Kier alpha value is -0.980. The SMILES string of the molecule is N#C[S-].[N-]=[N+]=[N-]. The Morgan fingerprint density at radius 1 is 1.67 bits per heavy atom. The lowest BCUT2D eigenvalue weighted by Gasteiger charge is -1.53. The Kier molecular flexibility index (Phi) is 52.2. The van der Waals surface area contributed by atoms with Crippen LogP contribution in [-0.2, 0) is 12.6 Å². The molecule has 0 N–H and O–H groups in total. The van der Waals surface area contributed by atoms with Gasteiger partial charge in [-0.1, -0.05) is 5.40 Å². The average Bonchev–Trinajstić information content (AvgIpc) is 1.39. The first-order valence-corrected chi connectivity index (χ1v) is 1.24. The van der Waals surface area contributed by atoms with Crippen molar-refractivity contribution in [1.29, 1.82) is 5.26 Å². The number of nitriles is 1. The van der Waals surface area contributed by atoms with Gasteiger partial charge in [0.1, 0.15) is 0 Å². The molecule has 0 atom stereocenters. The van der Waals surface area contributed by atoms with E-state index in [2.05, 4.69) is 12.6 Å². The molecule has 0 spiro atoms. The quantitative estimate of drug-likeness (QED) is 0.149. The normalized spacial score (nSPS) is 2.50. The maximum Gasteiger partial charge on any atom is -0.0797 e.